The van der Waals surface area contributed by atoms with Gasteiger partial charge in [0.1, 0.15) is 11.4 Å². The van der Waals surface area contributed by atoms with Crippen LogP contribution in [0.3, 0.4) is 0 Å². The smallest absolute Gasteiger partial charge is 0.270 e. The molecule has 5 heteroatoms. The molecule has 0 bridgehead atoms. The summed E-state index contributed by atoms with van der Waals surface area (Å²) in [5, 5.41) is 3.53. The lowest BCUT2D eigenvalue weighted by molar-refractivity contribution is 0.0945. The minimum atomic E-state index is -0.228. The Bertz CT molecular complexity index is 657. The molecule has 0 aliphatic carbocycles. The van der Waals surface area contributed by atoms with Gasteiger partial charge >= 0.3 is 0 Å². The number of nitrogens with zero attached hydrogens (tertiary/aromatic N) is 1. The molecule has 0 saturated carbocycles. The van der Waals surface area contributed by atoms with Gasteiger partial charge in [0.05, 0.1) is 7.11 Å². The molecule has 110 valence electrons. The summed E-state index contributed by atoms with van der Waals surface area (Å²) >= 11 is 6.26. The Morgan fingerprint density at radius 2 is 2.14 bits per heavy atom. The number of methoxy groups -OCH3 is 1. The van der Waals surface area contributed by atoms with Crippen LogP contribution in [0.25, 0.3) is 0 Å². The molecule has 1 N–H and O–H groups in total. The minimum absolute atomic E-state index is 0.228. The SMILES string of the molecule is COc1cc(C)c(Cl)c(C)c1CNC(=O)c1ccccn1. The van der Waals surface area contributed by atoms with Crippen molar-refractivity contribution in [1.29, 1.82) is 0 Å². The first kappa shape index (κ1) is 15.3. The zero-order valence-corrected chi connectivity index (χ0v) is 13.0. The number of nitrogens with one attached hydrogen (secondary N) is 1. The Labute approximate surface area is 129 Å². The van der Waals surface area contributed by atoms with Gasteiger partial charge in [-0.1, -0.05) is 17.7 Å². The van der Waals surface area contributed by atoms with Gasteiger partial charge in [-0.2, -0.15) is 0 Å². The Morgan fingerprint density at radius 1 is 1.38 bits per heavy atom. The van der Waals surface area contributed by atoms with Crippen molar-refractivity contribution in [2.75, 3.05) is 7.11 Å². The van der Waals surface area contributed by atoms with Crippen molar-refractivity contribution in [2.24, 2.45) is 0 Å². The monoisotopic (exact) mass is 304 g/mol. The zero-order chi connectivity index (χ0) is 15.4. The summed E-state index contributed by atoms with van der Waals surface area (Å²) in [6, 6.07) is 7.08. The molecule has 0 radical (unpaired) electrons. The number of ether oxygens (including phenoxy) is 1. The number of amides is 1. The molecule has 2 aromatic rings. The number of benzene rings is 1. The van der Waals surface area contributed by atoms with Crippen LogP contribution in [0.2, 0.25) is 5.02 Å². The Hall–Kier alpha value is -2.07. The van der Waals surface area contributed by atoms with E-state index in [1.165, 1.54) is 0 Å². The second-order valence-corrected chi connectivity index (χ2v) is 5.09. The second kappa shape index (κ2) is 6.59. The number of halogens is 1. The third-order valence-corrected chi connectivity index (χ3v) is 3.90. The number of pyridine rings is 1. The van der Waals surface area contributed by atoms with Crippen LogP contribution in [-0.2, 0) is 6.54 Å². The third-order valence-electron chi connectivity index (χ3n) is 3.32. The highest BCUT2D eigenvalue weighted by atomic mass is 35.5. The average molecular weight is 305 g/mol. The lowest BCUT2D eigenvalue weighted by Gasteiger charge is -2.15. The number of hydrogen-bond donors (Lipinski definition) is 1. The van der Waals surface area contributed by atoms with Crippen LogP contribution < -0.4 is 10.1 Å². The number of aryl methyl sites for hydroxylation is 1. The van der Waals surface area contributed by atoms with E-state index in [2.05, 4.69) is 10.3 Å². The summed E-state index contributed by atoms with van der Waals surface area (Å²) in [6.45, 7) is 4.18. The van der Waals surface area contributed by atoms with Gasteiger partial charge in [0.25, 0.3) is 5.91 Å². The zero-order valence-electron chi connectivity index (χ0n) is 12.2. The lowest BCUT2D eigenvalue weighted by atomic mass is 10.0. The number of rotatable bonds is 4. The standard InChI is InChI=1S/C16H17ClN2O2/c1-10-8-14(21-3)12(11(2)15(10)17)9-19-16(20)13-6-4-5-7-18-13/h4-8H,9H2,1-3H3,(H,19,20). The van der Waals surface area contributed by atoms with E-state index in [9.17, 15) is 4.79 Å². The minimum Gasteiger partial charge on any atom is -0.496 e. The molecule has 0 spiro atoms. The van der Waals surface area contributed by atoms with Gasteiger partial charge in [0.2, 0.25) is 0 Å². The van der Waals surface area contributed by atoms with Crippen molar-refractivity contribution < 1.29 is 9.53 Å². The fourth-order valence-electron chi connectivity index (χ4n) is 2.12. The highest BCUT2D eigenvalue weighted by Gasteiger charge is 2.14. The number of aromatic nitrogens is 1. The van der Waals surface area contributed by atoms with E-state index in [4.69, 9.17) is 16.3 Å². The van der Waals surface area contributed by atoms with Gasteiger partial charge in [0, 0.05) is 23.3 Å². The van der Waals surface area contributed by atoms with Crippen molar-refractivity contribution in [3.8, 4) is 5.75 Å². The molecule has 0 unspecified atom stereocenters. The molecular weight excluding hydrogens is 288 g/mol. The van der Waals surface area contributed by atoms with Crippen LogP contribution >= 0.6 is 11.6 Å². The van der Waals surface area contributed by atoms with E-state index in [-0.39, 0.29) is 5.91 Å². The molecular formula is C16H17ClN2O2. The quantitative estimate of drug-likeness (QED) is 0.943. The van der Waals surface area contributed by atoms with Gasteiger partial charge in [-0.15, -0.1) is 0 Å². The normalized spacial score (nSPS) is 10.3. The van der Waals surface area contributed by atoms with Crippen molar-refractivity contribution in [1.82, 2.24) is 10.3 Å². The molecule has 0 aliphatic rings. The predicted molar refractivity (Wildman–Crippen MR) is 82.9 cm³/mol. The molecule has 2 rings (SSSR count). The maximum Gasteiger partial charge on any atom is 0.270 e. The van der Waals surface area contributed by atoms with Gasteiger partial charge < -0.3 is 10.1 Å². The molecule has 1 heterocycles. The molecule has 0 fully saturated rings. The van der Waals surface area contributed by atoms with Gasteiger partial charge in [-0.3, -0.25) is 9.78 Å². The summed E-state index contributed by atoms with van der Waals surface area (Å²) < 4.78 is 5.37. The highest BCUT2D eigenvalue weighted by molar-refractivity contribution is 6.32. The summed E-state index contributed by atoms with van der Waals surface area (Å²) in [5.41, 5.74) is 3.12. The van der Waals surface area contributed by atoms with Crippen molar-refractivity contribution in [3.63, 3.8) is 0 Å². The van der Waals surface area contributed by atoms with E-state index in [0.717, 1.165) is 22.4 Å². The molecule has 4 nitrogen and oxygen atoms in total. The van der Waals surface area contributed by atoms with Crippen LogP contribution in [0.15, 0.2) is 30.5 Å². The first-order chi connectivity index (χ1) is 10.0. The number of hydrogen-bond acceptors (Lipinski definition) is 3. The fourth-order valence-corrected chi connectivity index (χ4v) is 2.29. The topological polar surface area (TPSA) is 51.2 Å². The summed E-state index contributed by atoms with van der Waals surface area (Å²) in [5.74, 6) is 0.490. The molecule has 0 saturated heterocycles. The Kier molecular flexibility index (Phi) is 4.81. The summed E-state index contributed by atoms with van der Waals surface area (Å²) in [6.07, 6.45) is 1.59. The van der Waals surface area contributed by atoms with Crippen LogP contribution in [-0.4, -0.2) is 18.0 Å². The number of carbonyl (C=O) groups excluding carboxylic acids is 1. The summed E-state index contributed by atoms with van der Waals surface area (Å²) in [4.78, 5) is 16.1. The average Bonchev–Trinajstić information content (AvgIpc) is 2.52. The van der Waals surface area contributed by atoms with E-state index in [0.29, 0.717) is 17.3 Å². The van der Waals surface area contributed by atoms with Gasteiger partial charge in [-0.05, 0) is 43.2 Å². The Balaban J connectivity index is 2.20. The van der Waals surface area contributed by atoms with E-state index in [1.54, 1.807) is 31.5 Å². The van der Waals surface area contributed by atoms with Gasteiger partial charge in [-0.25, -0.2) is 0 Å². The van der Waals surface area contributed by atoms with Crippen molar-refractivity contribution >= 4 is 17.5 Å². The largest absolute Gasteiger partial charge is 0.496 e. The van der Waals surface area contributed by atoms with Crippen molar-refractivity contribution in [3.05, 3.63) is 57.9 Å². The number of carbonyl (C=O) groups is 1. The maximum absolute atomic E-state index is 12.0. The van der Waals surface area contributed by atoms with Crippen LogP contribution in [0, 0.1) is 13.8 Å². The van der Waals surface area contributed by atoms with E-state index in [1.807, 2.05) is 19.9 Å². The lowest BCUT2D eigenvalue weighted by Crippen LogP contribution is -2.24. The second-order valence-electron chi connectivity index (χ2n) is 4.71. The van der Waals surface area contributed by atoms with Crippen LogP contribution in [0.5, 0.6) is 5.75 Å². The molecule has 21 heavy (non-hydrogen) atoms. The molecule has 1 aromatic carbocycles. The summed E-state index contributed by atoms with van der Waals surface area (Å²) in [7, 11) is 1.60. The van der Waals surface area contributed by atoms with Gasteiger partial charge in [0.15, 0.2) is 0 Å². The van der Waals surface area contributed by atoms with Crippen LogP contribution in [0.1, 0.15) is 27.2 Å². The maximum atomic E-state index is 12.0. The van der Waals surface area contributed by atoms with E-state index < -0.39 is 0 Å². The first-order valence-corrected chi connectivity index (χ1v) is 6.94. The molecule has 1 aromatic heterocycles. The van der Waals surface area contributed by atoms with Crippen LogP contribution in [0.4, 0.5) is 0 Å². The van der Waals surface area contributed by atoms with Crippen molar-refractivity contribution in [2.45, 2.75) is 20.4 Å². The molecule has 0 atom stereocenters. The first-order valence-electron chi connectivity index (χ1n) is 6.56. The predicted octanol–water partition coefficient (Wildman–Crippen LogP) is 3.29. The molecule has 1 amide bonds. The molecule has 0 aliphatic heterocycles. The van der Waals surface area contributed by atoms with E-state index >= 15 is 0 Å². The third kappa shape index (κ3) is 3.34. The highest BCUT2D eigenvalue weighted by Crippen LogP contribution is 2.31. The Morgan fingerprint density at radius 3 is 2.76 bits per heavy atom. The fraction of sp³-hybridized carbons (Fsp3) is 0.250.